The Labute approximate surface area is 153 Å². The minimum absolute atomic E-state index is 0.117. The Morgan fingerprint density at radius 2 is 1.63 bits per heavy atom. The van der Waals surface area contributed by atoms with Gasteiger partial charge in [0.15, 0.2) is 0 Å². The first-order valence-electron chi connectivity index (χ1n) is 8.06. The highest BCUT2D eigenvalue weighted by Crippen LogP contribution is 2.35. The normalized spacial score (nSPS) is 11.1. The summed E-state index contributed by atoms with van der Waals surface area (Å²) in [5, 5.41) is 5.67. The number of hydrogen-bond donors (Lipinski definition) is 2. The zero-order valence-corrected chi connectivity index (χ0v) is 14.3. The van der Waals surface area contributed by atoms with Gasteiger partial charge in [-0.1, -0.05) is 0 Å². The molecule has 0 aliphatic rings. The van der Waals surface area contributed by atoms with Crippen LogP contribution in [-0.2, 0) is 6.18 Å². The second-order valence-electron chi connectivity index (χ2n) is 5.42. The maximum absolute atomic E-state index is 13.0. The third-order valence-corrected chi connectivity index (χ3v) is 3.48. The highest BCUT2D eigenvalue weighted by molar-refractivity contribution is 5.63. The van der Waals surface area contributed by atoms with E-state index in [4.69, 9.17) is 4.74 Å². The number of pyridine rings is 1. The highest BCUT2D eigenvalue weighted by Gasteiger charge is 2.33. The first kappa shape index (κ1) is 18.4. The average Bonchev–Trinajstić information content (AvgIpc) is 2.65. The largest absolute Gasteiger partial charge is 0.494 e. The molecule has 0 spiro atoms. The van der Waals surface area contributed by atoms with Crippen molar-refractivity contribution in [3.05, 3.63) is 60.7 Å². The molecule has 6 nitrogen and oxygen atoms in total. The summed E-state index contributed by atoms with van der Waals surface area (Å²) in [5.41, 5.74) is 0.103. The lowest BCUT2D eigenvalue weighted by Crippen LogP contribution is -2.09. The zero-order valence-electron chi connectivity index (χ0n) is 14.3. The van der Waals surface area contributed by atoms with Crippen molar-refractivity contribution in [1.82, 2.24) is 15.0 Å². The van der Waals surface area contributed by atoms with E-state index in [1.54, 1.807) is 0 Å². The van der Waals surface area contributed by atoms with Gasteiger partial charge in [-0.3, -0.25) is 4.98 Å². The van der Waals surface area contributed by atoms with Gasteiger partial charge in [-0.2, -0.15) is 13.2 Å². The summed E-state index contributed by atoms with van der Waals surface area (Å²) in [4.78, 5) is 11.7. The Morgan fingerprint density at radius 1 is 0.926 bits per heavy atom. The number of aromatic nitrogens is 3. The van der Waals surface area contributed by atoms with Gasteiger partial charge in [0.2, 0.25) is 5.95 Å². The van der Waals surface area contributed by atoms with E-state index in [2.05, 4.69) is 25.6 Å². The first-order chi connectivity index (χ1) is 13.0. The van der Waals surface area contributed by atoms with Gasteiger partial charge in [0.05, 0.1) is 35.9 Å². The van der Waals surface area contributed by atoms with Crippen molar-refractivity contribution in [2.24, 2.45) is 0 Å². The van der Waals surface area contributed by atoms with Gasteiger partial charge < -0.3 is 15.4 Å². The second-order valence-corrected chi connectivity index (χ2v) is 5.42. The van der Waals surface area contributed by atoms with Crippen LogP contribution in [-0.4, -0.2) is 21.6 Å². The van der Waals surface area contributed by atoms with Crippen molar-refractivity contribution >= 4 is 23.0 Å². The van der Waals surface area contributed by atoms with E-state index >= 15 is 0 Å². The topological polar surface area (TPSA) is 72.0 Å². The van der Waals surface area contributed by atoms with Crippen molar-refractivity contribution < 1.29 is 17.9 Å². The second kappa shape index (κ2) is 7.90. The van der Waals surface area contributed by atoms with E-state index in [1.807, 2.05) is 31.2 Å². The summed E-state index contributed by atoms with van der Waals surface area (Å²) in [6, 6.07) is 8.49. The molecule has 9 heteroatoms. The SMILES string of the molecule is CCOc1ccc(Nc2ncc(Nc3ccncc3C(F)(F)F)cn2)cc1. The molecule has 2 heterocycles. The molecule has 2 N–H and O–H groups in total. The van der Waals surface area contributed by atoms with Crippen LogP contribution in [0.1, 0.15) is 12.5 Å². The number of alkyl halides is 3. The lowest BCUT2D eigenvalue weighted by Gasteiger charge is -2.13. The zero-order chi connectivity index (χ0) is 19.3. The molecule has 140 valence electrons. The molecule has 0 aliphatic heterocycles. The van der Waals surface area contributed by atoms with Crippen molar-refractivity contribution in [2.45, 2.75) is 13.1 Å². The van der Waals surface area contributed by atoms with Gasteiger partial charge in [-0.05, 0) is 37.3 Å². The summed E-state index contributed by atoms with van der Waals surface area (Å²) in [6.45, 7) is 2.48. The minimum Gasteiger partial charge on any atom is -0.494 e. The van der Waals surface area contributed by atoms with Gasteiger partial charge in [0, 0.05) is 18.1 Å². The van der Waals surface area contributed by atoms with Gasteiger partial charge in [-0.15, -0.1) is 0 Å². The first-order valence-corrected chi connectivity index (χ1v) is 8.06. The van der Waals surface area contributed by atoms with Gasteiger partial charge in [0.25, 0.3) is 0 Å². The lowest BCUT2D eigenvalue weighted by atomic mass is 10.2. The fraction of sp³-hybridized carbons (Fsp3) is 0.167. The molecule has 2 aromatic heterocycles. The van der Waals surface area contributed by atoms with Crippen molar-refractivity contribution in [3.8, 4) is 5.75 Å². The molecule has 0 unspecified atom stereocenters. The van der Waals surface area contributed by atoms with E-state index in [0.717, 1.165) is 17.6 Å². The molecule has 0 aliphatic carbocycles. The van der Waals surface area contributed by atoms with E-state index in [0.29, 0.717) is 18.2 Å². The quantitative estimate of drug-likeness (QED) is 0.646. The van der Waals surface area contributed by atoms with Gasteiger partial charge in [0.1, 0.15) is 5.75 Å². The molecule has 27 heavy (non-hydrogen) atoms. The maximum atomic E-state index is 13.0. The van der Waals surface area contributed by atoms with Gasteiger partial charge >= 0.3 is 6.18 Å². The highest BCUT2D eigenvalue weighted by atomic mass is 19.4. The summed E-state index contributed by atoms with van der Waals surface area (Å²) in [5.74, 6) is 1.07. The van der Waals surface area contributed by atoms with E-state index < -0.39 is 11.7 Å². The smallest absolute Gasteiger partial charge is 0.419 e. The Morgan fingerprint density at radius 3 is 2.26 bits per heavy atom. The van der Waals surface area contributed by atoms with Crippen LogP contribution in [0.25, 0.3) is 0 Å². The molecule has 0 radical (unpaired) electrons. The standard InChI is InChI=1S/C18H16F3N5O/c1-2-27-14-5-3-12(4-6-14)26-17-23-9-13(10-24-17)25-16-7-8-22-11-15(16)18(19,20)21/h3-11H,2H2,1H3,(H,22,25)(H,23,24,26). The van der Waals surface area contributed by atoms with E-state index in [9.17, 15) is 13.2 Å². The van der Waals surface area contributed by atoms with Crippen LogP contribution in [0.5, 0.6) is 5.75 Å². The van der Waals surface area contributed by atoms with Crippen LogP contribution >= 0.6 is 0 Å². The van der Waals surface area contributed by atoms with E-state index in [1.165, 1.54) is 24.7 Å². The van der Waals surface area contributed by atoms with Crippen LogP contribution < -0.4 is 15.4 Å². The molecule has 0 fully saturated rings. The molecule has 1 aromatic carbocycles. The fourth-order valence-electron chi connectivity index (χ4n) is 2.27. The number of nitrogens with one attached hydrogen (secondary N) is 2. The molecule has 0 saturated carbocycles. The van der Waals surface area contributed by atoms with Crippen molar-refractivity contribution in [2.75, 3.05) is 17.2 Å². The Kier molecular flexibility index (Phi) is 5.39. The van der Waals surface area contributed by atoms with Crippen LogP contribution in [0, 0.1) is 0 Å². The van der Waals surface area contributed by atoms with Crippen LogP contribution in [0.15, 0.2) is 55.1 Å². The molecular formula is C18H16F3N5O. The van der Waals surface area contributed by atoms with E-state index in [-0.39, 0.29) is 5.69 Å². The summed E-state index contributed by atoms with van der Waals surface area (Å²) in [7, 11) is 0. The summed E-state index contributed by atoms with van der Waals surface area (Å²) in [6.07, 6.45) is 0.326. The predicted molar refractivity (Wildman–Crippen MR) is 95.4 cm³/mol. The summed E-state index contributed by atoms with van der Waals surface area (Å²) >= 11 is 0. The number of benzene rings is 1. The fourth-order valence-corrected chi connectivity index (χ4v) is 2.27. The average molecular weight is 375 g/mol. The van der Waals surface area contributed by atoms with Crippen LogP contribution in [0.2, 0.25) is 0 Å². The number of hydrogen-bond acceptors (Lipinski definition) is 6. The monoisotopic (exact) mass is 375 g/mol. The molecule has 0 bridgehead atoms. The lowest BCUT2D eigenvalue weighted by molar-refractivity contribution is -0.137. The Balaban J connectivity index is 1.69. The van der Waals surface area contributed by atoms with Gasteiger partial charge in [-0.25, -0.2) is 9.97 Å². The number of anilines is 4. The Hall–Kier alpha value is -3.36. The number of halogens is 3. The van der Waals surface area contributed by atoms with Crippen molar-refractivity contribution in [1.29, 1.82) is 0 Å². The van der Waals surface area contributed by atoms with Crippen LogP contribution in [0.3, 0.4) is 0 Å². The third-order valence-electron chi connectivity index (χ3n) is 3.48. The molecule has 0 saturated heterocycles. The van der Waals surface area contributed by atoms with Crippen LogP contribution in [0.4, 0.5) is 36.2 Å². The summed E-state index contributed by atoms with van der Waals surface area (Å²) < 4.78 is 44.4. The number of rotatable bonds is 6. The Bertz CT molecular complexity index is 883. The number of nitrogens with zero attached hydrogens (tertiary/aromatic N) is 3. The number of ether oxygens (including phenoxy) is 1. The molecule has 3 rings (SSSR count). The third kappa shape index (κ3) is 4.84. The maximum Gasteiger partial charge on any atom is 0.419 e. The van der Waals surface area contributed by atoms with Crippen molar-refractivity contribution in [3.63, 3.8) is 0 Å². The molecule has 3 aromatic rings. The molecule has 0 amide bonds. The predicted octanol–water partition coefficient (Wildman–Crippen LogP) is 4.78. The minimum atomic E-state index is -4.51. The molecule has 0 atom stereocenters. The molecular weight excluding hydrogens is 359 g/mol.